The number of anilines is 2. The summed E-state index contributed by atoms with van der Waals surface area (Å²) in [6.07, 6.45) is 4.26. The van der Waals surface area contributed by atoms with Crippen molar-refractivity contribution < 1.29 is 0 Å². The summed E-state index contributed by atoms with van der Waals surface area (Å²) in [7, 11) is 2.08. The monoisotopic (exact) mass is 232 g/mol. The highest BCUT2D eigenvalue weighted by Gasteiger charge is 2.07. The predicted molar refractivity (Wildman–Crippen MR) is 67.7 cm³/mol. The van der Waals surface area contributed by atoms with E-state index in [1.807, 2.05) is 12.1 Å². The summed E-state index contributed by atoms with van der Waals surface area (Å²) < 4.78 is 0. The van der Waals surface area contributed by atoms with Crippen LogP contribution in [0.5, 0.6) is 0 Å². The number of benzene rings is 1. The molecule has 4 heteroatoms. The molecule has 1 aromatic rings. The van der Waals surface area contributed by atoms with E-state index < -0.39 is 0 Å². The molecule has 0 saturated heterocycles. The second-order valence-corrected chi connectivity index (χ2v) is 3.10. The van der Waals surface area contributed by atoms with Crippen LogP contribution < -0.4 is 10.6 Å². The third kappa shape index (κ3) is 2.34. The van der Waals surface area contributed by atoms with Crippen LogP contribution in [0.3, 0.4) is 0 Å². The van der Waals surface area contributed by atoms with Crippen LogP contribution in [0.4, 0.5) is 11.4 Å². The van der Waals surface area contributed by atoms with Gasteiger partial charge in [0.1, 0.15) is 0 Å². The number of nitrogens with two attached hydrogens (primary N) is 1. The zero-order valence-corrected chi connectivity index (χ0v) is 9.57. The Morgan fingerprint density at radius 1 is 1.29 bits per heavy atom. The van der Waals surface area contributed by atoms with Gasteiger partial charge in [0.05, 0.1) is 0 Å². The Balaban J connectivity index is 0.000000845. The average molecular weight is 233 g/mol. The minimum absolute atomic E-state index is 0. The van der Waals surface area contributed by atoms with E-state index in [0.29, 0.717) is 0 Å². The van der Waals surface area contributed by atoms with Crippen molar-refractivity contribution in [1.82, 2.24) is 0 Å². The largest absolute Gasteiger partial charge is 0.399 e. The molecule has 0 spiro atoms. The standard InChI is InChI=1S/C10H12N2.2ClH/c1-12-6-2-3-8-7-9(11)4-5-10(8)12;;/h2-5,7H,6,11H2,1H3;2*1H. The van der Waals surface area contributed by atoms with Crippen LogP contribution in [-0.2, 0) is 0 Å². The van der Waals surface area contributed by atoms with Gasteiger partial charge in [0.2, 0.25) is 0 Å². The topological polar surface area (TPSA) is 29.3 Å². The molecule has 1 aliphatic heterocycles. The van der Waals surface area contributed by atoms with Crippen molar-refractivity contribution in [3.8, 4) is 0 Å². The summed E-state index contributed by atoms with van der Waals surface area (Å²) >= 11 is 0. The van der Waals surface area contributed by atoms with Gasteiger partial charge in [-0.1, -0.05) is 12.2 Å². The fraction of sp³-hybridized carbons (Fsp3) is 0.200. The third-order valence-electron chi connectivity index (χ3n) is 2.14. The number of nitrogen functional groups attached to an aromatic ring is 1. The molecule has 0 saturated carbocycles. The van der Waals surface area contributed by atoms with E-state index in [4.69, 9.17) is 5.73 Å². The van der Waals surface area contributed by atoms with Crippen molar-refractivity contribution in [2.45, 2.75) is 0 Å². The lowest BCUT2D eigenvalue weighted by atomic mass is 10.1. The van der Waals surface area contributed by atoms with Crippen LogP contribution in [0.1, 0.15) is 5.56 Å². The predicted octanol–water partition coefficient (Wildman–Crippen LogP) is 2.58. The van der Waals surface area contributed by atoms with Crippen LogP contribution >= 0.6 is 24.8 Å². The van der Waals surface area contributed by atoms with Gasteiger partial charge in [-0.05, 0) is 23.8 Å². The van der Waals surface area contributed by atoms with Crippen molar-refractivity contribution >= 4 is 42.3 Å². The lowest BCUT2D eigenvalue weighted by Gasteiger charge is -2.23. The maximum atomic E-state index is 5.67. The SMILES string of the molecule is CN1CC=Cc2cc(N)ccc21.Cl.Cl. The fourth-order valence-corrected chi connectivity index (χ4v) is 1.49. The van der Waals surface area contributed by atoms with Gasteiger partial charge < -0.3 is 10.6 Å². The lowest BCUT2D eigenvalue weighted by Crippen LogP contribution is -2.20. The number of fused-ring (bicyclic) bond motifs is 1. The molecule has 0 radical (unpaired) electrons. The van der Waals surface area contributed by atoms with E-state index in [1.165, 1.54) is 11.3 Å². The van der Waals surface area contributed by atoms with Gasteiger partial charge in [-0.15, -0.1) is 24.8 Å². The molecule has 2 rings (SSSR count). The molecule has 1 aromatic carbocycles. The third-order valence-corrected chi connectivity index (χ3v) is 2.14. The first-order valence-corrected chi connectivity index (χ1v) is 4.04. The Bertz CT molecular complexity index is 337. The van der Waals surface area contributed by atoms with Crippen molar-refractivity contribution in [2.75, 3.05) is 24.2 Å². The number of hydrogen-bond donors (Lipinski definition) is 1. The molecule has 0 aliphatic carbocycles. The molecule has 0 unspecified atom stereocenters. The molecule has 1 heterocycles. The van der Waals surface area contributed by atoms with Crippen LogP contribution in [0.15, 0.2) is 24.3 Å². The quantitative estimate of drug-likeness (QED) is 0.698. The van der Waals surface area contributed by atoms with Crippen molar-refractivity contribution in [3.05, 3.63) is 29.8 Å². The molecule has 0 bridgehead atoms. The maximum Gasteiger partial charge on any atom is 0.0441 e. The first-order chi connectivity index (χ1) is 5.77. The fourth-order valence-electron chi connectivity index (χ4n) is 1.49. The van der Waals surface area contributed by atoms with Gasteiger partial charge in [0, 0.05) is 25.0 Å². The Hall–Kier alpha value is -0.860. The highest BCUT2D eigenvalue weighted by atomic mass is 35.5. The summed E-state index contributed by atoms with van der Waals surface area (Å²) in [4.78, 5) is 2.20. The molecule has 0 aromatic heterocycles. The van der Waals surface area contributed by atoms with E-state index in [2.05, 4.69) is 30.2 Å². The first kappa shape index (κ1) is 13.1. The summed E-state index contributed by atoms with van der Waals surface area (Å²) in [6.45, 7) is 0.983. The average Bonchev–Trinajstić information content (AvgIpc) is 2.04. The number of hydrogen-bond acceptors (Lipinski definition) is 2. The number of halogens is 2. The molecular weight excluding hydrogens is 219 g/mol. The van der Waals surface area contributed by atoms with E-state index in [1.54, 1.807) is 0 Å². The zero-order valence-electron chi connectivity index (χ0n) is 7.93. The van der Waals surface area contributed by atoms with Crippen molar-refractivity contribution in [2.24, 2.45) is 0 Å². The number of likely N-dealkylation sites (N-methyl/N-ethyl adjacent to an activating group) is 1. The van der Waals surface area contributed by atoms with E-state index in [9.17, 15) is 0 Å². The van der Waals surface area contributed by atoms with Crippen LogP contribution in [-0.4, -0.2) is 13.6 Å². The van der Waals surface area contributed by atoms with Crippen molar-refractivity contribution in [1.29, 1.82) is 0 Å². The summed E-state index contributed by atoms with van der Waals surface area (Å²) in [5.74, 6) is 0. The van der Waals surface area contributed by atoms with E-state index >= 15 is 0 Å². The maximum absolute atomic E-state index is 5.67. The minimum Gasteiger partial charge on any atom is -0.399 e. The molecule has 2 nitrogen and oxygen atoms in total. The second kappa shape index (κ2) is 5.13. The first-order valence-electron chi connectivity index (χ1n) is 4.04. The minimum atomic E-state index is 0. The Morgan fingerprint density at radius 3 is 2.71 bits per heavy atom. The molecule has 0 amide bonds. The normalized spacial score (nSPS) is 12.5. The summed E-state index contributed by atoms with van der Waals surface area (Å²) in [5, 5.41) is 0. The van der Waals surface area contributed by atoms with Gasteiger partial charge in [-0.25, -0.2) is 0 Å². The van der Waals surface area contributed by atoms with Crippen LogP contribution in [0.2, 0.25) is 0 Å². The molecule has 14 heavy (non-hydrogen) atoms. The van der Waals surface area contributed by atoms with Gasteiger partial charge in [0.15, 0.2) is 0 Å². The number of rotatable bonds is 0. The highest BCUT2D eigenvalue weighted by Crippen LogP contribution is 2.26. The van der Waals surface area contributed by atoms with Gasteiger partial charge in [-0.3, -0.25) is 0 Å². The summed E-state index contributed by atoms with van der Waals surface area (Å²) in [6, 6.07) is 6.00. The highest BCUT2D eigenvalue weighted by molar-refractivity contribution is 5.85. The smallest absolute Gasteiger partial charge is 0.0441 e. The van der Waals surface area contributed by atoms with Crippen LogP contribution in [0, 0.1) is 0 Å². The van der Waals surface area contributed by atoms with Gasteiger partial charge in [-0.2, -0.15) is 0 Å². The van der Waals surface area contributed by atoms with E-state index in [-0.39, 0.29) is 24.8 Å². The Kier molecular flexibility index (Phi) is 4.81. The molecule has 1 aliphatic rings. The molecular formula is C10H14Cl2N2. The van der Waals surface area contributed by atoms with Gasteiger partial charge in [0.25, 0.3) is 0 Å². The Morgan fingerprint density at radius 2 is 2.00 bits per heavy atom. The zero-order chi connectivity index (χ0) is 8.55. The summed E-state index contributed by atoms with van der Waals surface area (Å²) in [5.41, 5.74) is 8.97. The van der Waals surface area contributed by atoms with Crippen LogP contribution in [0.25, 0.3) is 6.08 Å². The number of nitrogens with zero attached hydrogens (tertiary/aromatic N) is 1. The molecule has 0 fully saturated rings. The molecule has 2 N–H and O–H groups in total. The Labute approximate surface area is 96.6 Å². The lowest BCUT2D eigenvalue weighted by molar-refractivity contribution is 1.02. The molecule has 78 valence electrons. The second-order valence-electron chi connectivity index (χ2n) is 3.10. The van der Waals surface area contributed by atoms with E-state index in [0.717, 1.165) is 12.2 Å². The van der Waals surface area contributed by atoms with Crippen molar-refractivity contribution in [3.63, 3.8) is 0 Å². The molecule has 0 atom stereocenters. The van der Waals surface area contributed by atoms with Gasteiger partial charge >= 0.3 is 0 Å².